The van der Waals surface area contributed by atoms with Crippen molar-refractivity contribution in [3.05, 3.63) is 27.1 Å². The first kappa shape index (κ1) is 17.6. The molecule has 0 aromatic heterocycles. The highest BCUT2D eigenvalue weighted by Gasteiger charge is 2.18. The lowest BCUT2D eigenvalue weighted by molar-refractivity contribution is -0.120. The van der Waals surface area contributed by atoms with Crippen LogP contribution in [0, 0.1) is 0 Å². The van der Waals surface area contributed by atoms with Crippen molar-refractivity contribution in [3.63, 3.8) is 0 Å². The molecule has 0 saturated heterocycles. The highest BCUT2D eigenvalue weighted by Crippen LogP contribution is 2.25. The van der Waals surface area contributed by atoms with Crippen LogP contribution < -0.4 is 10.0 Å². The Balaban J connectivity index is 2.66. The largest absolute Gasteiger partial charge is 0.383 e. The van der Waals surface area contributed by atoms with Crippen molar-refractivity contribution in [3.8, 4) is 0 Å². The summed E-state index contributed by atoms with van der Waals surface area (Å²) >= 11 is 6.37. The summed E-state index contributed by atoms with van der Waals surface area (Å²) in [7, 11) is -2.24. The zero-order valence-electron chi connectivity index (χ0n) is 10.7. The normalized spacial score (nSPS) is 11.3. The van der Waals surface area contributed by atoms with E-state index in [1.54, 1.807) is 12.1 Å². The SMILES string of the molecule is COCCNC(=O)CNS(=O)(=O)c1cc(Br)ccc1Br. The number of amides is 1. The molecular formula is C11H14Br2N2O4S. The number of ether oxygens (including phenoxy) is 1. The molecule has 2 N–H and O–H groups in total. The number of sulfonamides is 1. The van der Waals surface area contributed by atoms with E-state index >= 15 is 0 Å². The molecule has 20 heavy (non-hydrogen) atoms. The molecule has 0 aliphatic heterocycles. The summed E-state index contributed by atoms with van der Waals surface area (Å²) in [5.41, 5.74) is 0. The molecule has 6 nitrogen and oxygen atoms in total. The van der Waals surface area contributed by atoms with Crippen LogP contribution in [-0.2, 0) is 19.6 Å². The summed E-state index contributed by atoms with van der Waals surface area (Å²) in [5.74, 6) is -0.420. The fourth-order valence-corrected chi connectivity index (χ4v) is 3.76. The first-order chi connectivity index (χ1) is 9.36. The minimum Gasteiger partial charge on any atom is -0.383 e. The molecule has 9 heteroatoms. The van der Waals surface area contributed by atoms with E-state index in [0.717, 1.165) is 0 Å². The smallest absolute Gasteiger partial charge is 0.242 e. The standard InChI is InChI=1S/C11H14Br2N2O4S/c1-19-5-4-14-11(16)7-15-20(17,18)10-6-8(12)2-3-9(10)13/h2-3,6,15H,4-5,7H2,1H3,(H,14,16). The van der Waals surface area contributed by atoms with Crippen molar-refractivity contribution in [1.82, 2.24) is 10.0 Å². The molecule has 1 aromatic carbocycles. The molecule has 0 radical (unpaired) electrons. The molecule has 0 spiro atoms. The number of hydrogen-bond donors (Lipinski definition) is 2. The maximum absolute atomic E-state index is 12.1. The molecule has 0 atom stereocenters. The van der Waals surface area contributed by atoms with E-state index < -0.39 is 15.9 Å². The number of carbonyl (C=O) groups is 1. The Morgan fingerprint density at radius 3 is 2.70 bits per heavy atom. The van der Waals surface area contributed by atoms with Gasteiger partial charge in [-0.1, -0.05) is 15.9 Å². The zero-order chi connectivity index (χ0) is 15.2. The van der Waals surface area contributed by atoms with Crippen LogP contribution in [0.4, 0.5) is 0 Å². The van der Waals surface area contributed by atoms with Gasteiger partial charge in [-0.05, 0) is 34.1 Å². The molecular weight excluding hydrogens is 416 g/mol. The van der Waals surface area contributed by atoms with Crippen LogP contribution >= 0.6 is 31.9 Å². The Morgan fingerprint density at radius 1 is 1.35 bits per heavy atom. The van der Waals surface area contributed by atoms with Gasteiger partial charge in [0.25, 0.3) is 0 Å². The molecule has 112 valence electrons. The molecule has 0 fully saturated rings. The van der Waals surface area contributed by atoms with Crippen LogP contribution in [0.1, 0.15) is 0 Å². The van der Waals surface area contributed by atoms with E-state index in [0.29, 0.717) is 22.1 Å². The van der Waals surface area contributed by atoms with E-state index in [2.05, 4.69) is 41.9 Å². The van der Waals surface area contributed by atoms with Crippen LogP contribution in [0.5, 0.6) is 0 Å². The minimum atomic E-state index is -3.76. The number of rotatable bonds is 7. The van der Waals surface area contributed by atoms with Crippen molar-refractivity contribution in [1.29, 1.82) is 0 Å². The lowest BCUT2D eigenvalue weighted by Crippen LogP contribution is -2.38. The number of benzene rings is 1. The Kier molecular flexibility index (Phi) is 7.10. The summed E-state index contributed by atoms with van der Waals surface area (Å²) in [5, 5.41) is 2.52. The maximum Gasteiger partial charge on any atom is 0.242 e. The van der Waals surface area contributed by atoms with Gasteiger partial charge in [0.1, 0.15) is 0 Å². The Morgan fingerprint density at radius 2 is 2.05 bits per heavy atom. The monoisotopic (exact) mass is 428 g/mol. The number of carbonyl (C=O) groups excluding carboxylic acids is 1. The van der Waals surface area contributed by atoms with Crippen molar-refractivity contribution in [2.75, 3.05) is 26.8 Å². The van der Waals surface area contributed by atoms with Crippen LogP contribution in [0.25, 0.3) is 0 Å². The molecule has 0 bridgehead atoms. The third kappa shape index (κ3) is 5.49. The summed E-state index contributed by atoms with van der Waals surface area (Å²) < 4.78 is 32.2. The molecule has 1 aromatic rings. The van der Waals surface area contributed by atoms with Crippen LogP contribution in [0.15, 0.2) is 32.0 Å². The molecule has 0 heterocycles. The van der Waals surface area contributed by atoms with Gasteiger partial charge in [0.2, 0.25) is 15.9 Å². The Labute approximate surface area is 134 Å². The summed E-state index contributed by atoms with van der Waals surface area (Å²) in [6.07, 6.45) is 0. The maximum atomic E-state index is 12.1. The lowest BCUT2D eigenvalue weighted by Gasteiger charge is -2.09. The second-order valence-electron chi connectivity index (χ2n) is 3.74. The van der Waals surface area contributed by atoms with Gasteiger partial charge in [-0.3, -0.25) is 4.79 Å². The van der Waals surface area contributed by atoms with Crippen LogP contribution in [-0.4, -0.2) is 41.1 Å². The van der Waals surface area contributed by atoms with Crippen LogP contribution in [0.2, 0.25) is 0 Å². The van der Waals surface area contributed by atoms with Gasteiger partial charge in [0.05, 0.1) is 18.0 Å². The summed E-state index contributed by atoms with van der Waals surface area (Å²) in [6.45, 7) is 0.373. The predicted octanol–water partition coefficient (Wildman–Crippen LogP) is 1.25. The third-order valence-corrected chi connectivity index (χ3v) is 5.12. The molecule has 0 unspecified atom stereocenters. The van der Waals surface area contributed by atoms with E-state index in [1.165, 1.54) is 13.2 Å². The van der Waals surface area contributed by atoms with Gasteiger partial charge in [0.15, 0.2) is 0 Å². The number of methoxy groups -OCH3 is 1. The Hall–Kier alpha value is -0.480. The van der Waals surface area contributed by atoms with Crippen molar-refractivity contribution in [2.24, 2.45) is 0 Å². The van der Waals surface area contributed by atoms with Gasteiger partial charge >= 0.3 is 0 Å². The summed E-state index contributed by atoms with van der Waals surface area (Å²) in [4.78, 5) is 11.5. The number of hydrogen-bond acceptors (Lipinski definition) is 4. The lowest BCUT2D eigenvalue weighted by atomic mass is 10.4. The quantitative estimate of drug-likeness (QED) is 0.639. The fourth-order valence-electron chi connectivity index (χ4n) is 1.28. The molecule has 1 rings (SSSR count). The zero-order valence-corrected chi connectivity index (χ0v) is 14.6. The molecule has 0 saturated carbocycles. The third-order valence-electron chi connectivity index (χ3n) is 2.23. The molecule has 1 amide bonds. The number of halogens is 2. The van der Waals surface area contributed by atoms with Crippen LogP contribution in [0.3, 0.4) is 0 Å². The van der Waals surface area contributed by atoms with Gasteiger partial charge in [-0.15, -0.1) is 0 Å². The van der Waals surface area contributed by atoms with Gasteiger partial charge in [-0.2, -0.15) is 0 Å². The van der Waals surface area contributed by atoms with Gasteiger partial charge in [-0.25, -0.2) is 13.1 Å². The fraction of sp³-hybridized carbons (Fsp3) is 0.364. The van der Waals surface area contributed by atoms with Crippen molar-refractivity contribution < 1.29 is 17.9 Å². The Bertz CT molecular complexity index is 578. The number of nitrogens with one attached hydrogen (secondary N) is 2. The second-order valence-corrected chi connectivity index (χ2v) is 7.25. The summed E-state index contributed by atoms with van der Waals surface area (Å²) in [6, 6.07) is 4.77. The molecule has 0 aliphatic rings. The topological polar surface area (TPSA) is 84.5 Å². The second kappa shape index (κ2) is 8.08. The van der Waals surface area contributed by atoms with E-state index in [1.807, 2.05) is 0 Å². The van der Waals surface area contributed by atoms with Crippen molar-refractivity contribution in [2.45, 2.75) is 4.90 Å². The first-order valence-electron chi connectivity index (χ1n) is 5.57. The highest BCUT2D eigenvalue weighted by molar-refractivity contribution is 9.11. The van der Waals surface area contributed by atoms with E-state index in [4.69, 9.17) is 4.74 Å². The predicted molar refractivity (Wildman–Crippen MR) is 81.9 cm³/mol. The highest BCUT2D eigenvalue weighted by atomic mass is 79.9. The van der Waals surface area contributed by atoms with E-state index in [9.17, 15) is 13.2 Å². The molecule has 0 aliphatic carbocycles. The minimum absolute atomic E-state index is 0.0663. The van der Waals surface area contributed by atoms with Gasteiger partial charge < -0.3 is 10.1 Å². The van der Waals surface area contributed by atoms with E-state index in [-0.39, 0.29) is 11.4 Å². The average Bonchev–Trinajstić information content (AvgIpc) is 2.39. The van der Waals surface area contributed by atoms with Gasteiger partial charge in [0, 0.05) is 22.6 Å². The van der Waals surface area contributed by atoms with Crippen molar-refractivity contribution >= 4 is 47.8 Å². The average molecular weight is 430 g/mol. The first-order valence-corrected chi connectivity index (χ1v) is 8.64.